The maximum absolute atomic E-state index is 6.15. The van der Waals surface area contributed by atoms with Crippen LogP contribution in [0.5, 0.6) is 0 Å². The lowest BCUT2D eigenvalue weighted by Gasteiger charge is -2.37. The Morgan fingerprint density at radius 1 is 1.00 bits per heavy atom. The van der Waals surface area contributed by atoms with Crippen LogP contribution in [0.4, 0.5) is 0 Å². The second-order valence-electron chi connectivity index (χ2n) is 6.61. The lowest BCUT2D eigenvalue weighted by atomic mass is 9.78. The second kappa shape index (κ2) is 8.02. The first-order chi connectivity index (χ1) is 11.2. The summed E-state index contributed by atoms with van der Waals surface area (Å²) in [6.07, 6.45) is 8.81. The summed E-state index contributed by atoms with van der Waals surface area (Å²) in [6.45, 7) is 3.60. The Balaban J connectivity index is 1.51. The fourth-order valence-electron chi connectivity index (χ4n) is 3.68. The van der Waals surface area contributed by atoms with Crippen molar-refractivity contribution in [3.05, 3.63) is 46.0 Å². The predicted octanol–water partition coefficient (Wildman–Crippen LogP) is 5.83. The standard InChI is InChI=1S/C19H24Cl2O2/c1-2-3-13-11-22-19(23-12-13)15-6-4-14(5-7-15)16-8-9-17(20)18(21)10-16/h2-3,8-10,13-15,19H,4-7,11-12H2,1H3/b3-2+/t13-,14?,15?,19-. The molecule has 0 spiro atoms. The zero-order valence-electron chi connectivity index (χ0n) is 13.5. The number of benzene rings is 1. The van der Waals surface area contributed by atoms with Crippen molar-refractivity contribution in [3.63, 3.8) is 0 Å². The summed E-state index contributed by atoms with van der Waals surface area (Å²) in [5, 5.41) is 1.28. The van der Waals surface area contributed by atoms with Crippen LogP contribution in [-0.4, -0.2) is 19.5 Å². The van der Waals surface area contributed by atoms with Crippen LogP contribution in [0, 0.1) is 11.8 Å². The van der Waals surface area contributed by atoms with Crippen molar-refractivity contribution in [1.29, 1.82) is 0 Å². The summed E-state index contributed by atoms with van der Waals surface area (Å²) in [4.78, 5) is 0. The van der Waals surface area contributed by atoms with Crippen molar-refractivity contribution in [2.75, 3.05) is 13.2 Å². The minimum Gasteiger partial charge on any atom is -0.352 e. The Bertz CT molecular complexity index is 542. The molecule has 0 unspecified atom stereocenters. The van der Waals surface area contributed by atoms with Crippen molar-refractivity contribution in [3.8, 4) is 0 Å². The van der Waals surface area contributed by atoms with Gasteiger partial charge < -0.3 is 9.47 Å². The number of halogens is 2. The van der Waals surface area contributed by atoms with Crippen LogP contribution in [0.3, 0.4) is 0 Å². The number of hydrogen-bond donors (Lipinski definition) is 0. The molecule has 1 aromatic carbocycles. The van der Waals surface area contributed by atoms with E-state index in [2.05, 4.69) is 18.2 Å². The van der Waals surface area contributed by atoms with E-state index in [9.17, 15) is 0 Å². The summed E-state index contributed by atoms with van der Waals surface area (Å²) in [5.41, 5.74) is 1.30. The quantitative estimate of drug-likeness (QED) is 0.635. The van der Waals surface area contributed by atoms with Crippen LogP contribution in [0.1, 0.15) is 44.1 Å². The summed E-state index contributed by atoms with van der Waals surface area (Å²) < 4.78 is 11.9. The van der Waals surface area contributed by atoms with E-state index in [1.54, 1.807) is 0 Å². The Hall–Kier alpha value is -0.540. The molecule has 1 aromatic rings. The average molecular weight is 355 g/mol. The largest absolute Gasteiger partial charge is 0.352 e. The molecule has 0 radical (unpaired) electrons. The highest BCUT2D eigenvalue weighted by Crippen LogP contribution is 2.40. The summed E-state index contributed by atoms with van der Waals surface area (Å²) in [7, 11) is 0. The van der Waals surface area contributed by atoms with Gasteiger partial charge in [-0.1, -0.05) is 41.4 Å². The van der Waals surface area contributed by atoms with Gasteiger partial charge in [0, 0.05) is 11.8 Å². The zero-order chi connectivity index (χ0) is 16.2. The van der Waals surface area contributed by atoms with Gasteiger partial charge in [0.1, 0.15) is 0 Å². The van der Waals surface area contributed by atoms with Crippen molar-refractivity contribution in [2.45, 2.75) is 44.8 Å². The minimum atomic E-state index is -0.0220. The highest BCUT2D eigenvalue weighted by molar-refractivity contribution is 6.42. The molecule has 1 aliphatic carbocycles. The Kier molecular flexibility index (Phi) is 6.03. The first-order valence-corrected chi connectivity index (χ1v) is 9.24. The smallest absolute Gasteiger partial charge is 0.160 e. The molecule has 0 bridgehead atoms. The van der Waals surface area contributed by atoms with Crippen LogP contribution >= 0.6 is 23.2 Å². The van der Waals surface area contributed by atoms with E-state index in [-0.39, 0.29) is 6.29 Å². The highest BCUT2D eigenvalue weighted by Gasteiger charge is 2.32. The monoisotopic (exact) mass is 354 g/mol. The maximum atomic E-state index is 6.15. The van der Waals surface area contributed by atoms with Gasteiger partial charge in [0.05, 0.1) is 23.3 Å². The van der Waals surface area contributed by atoms with Gasteiger partial charge in [0.25, 0.3) is 0 Å². The van der Waals surface area contributed by atoms with Gasteiger partial charge in [0.2, 0.25) is 0 Å². The molecule has 0 N–H and O–H groups in total. The third-order valence-electron chi connectivity index (χ3n) is 4.99. The van der Waals surface area contributed by atoms with Gasteiger partial charge in [-0.3, -0.25) is 0 Å². The molecule has 2 fully saturated rings. The molecule has 1 saturated carbocycles. The highest BCUT2D eigenvalue weighted by atomic mass is 35.5. The summed E-state index contributed by atoms with van der Waals surface area (Å²) in [6, 6.07) is 6.03. The SMILES string of the molecule is C/C=C/[C@H]1CO[C@H](C2CCC(c3ccc(Cl)c(Cl)c3)CC2)OC1. The molecule has 2 nitrogen and oxygen atoms in total. The Labute approximate surface area is 148 Å². The van der Waals surface area contributed by atoms with Crippen LogP contribution in [0.25, 0.3) is 0 Å². The third-order valence-corrected chi connectivity index (χ3v) is 5.72. The van der Waals surface area contributed by atoms with Gasteiger partial charge in [-0.2, -0.15) is 0 Å². The van der Waals surface area contributed by atoms with Gasteiger partial charge >= 0.3 is 0 Å². The molecule has 1 aliphatic heterocycles. The molecular formula is C19H24Cl2O2. The maximum Gasteiger partial charge on any atom is 0.160 e. The van der Waals surface area contributed by atoms with Gasteiger partial charge in [-0.05, 0) is 56.2 Å². The van der Waals surface area contributed by atoms with E-state index in [1.165, 1.54) is 5.56 Å². The van der Waals surface area contributed by atoms with E-state index in [0.717, 1.165) is 38.9 Å². The molecule has 1 heterocycles. The van der Waals surface area contributed by atoms with Crippen LogP contribution < -0.4 is 0 Å². The molecule has 4 heteroatoms. The number of ether oxygens (including phenoxy) is 2. The number of hydrogen-bond acceptors (Lipinski definition) is 2. The van der Waals surface area contributed by atoms with Crippen molar-refractivity contribution in [2.24, 2.45) is 11.8 Å². The molecule has 2 aliphatic rings. The average Bonchev–Trinajstić information content (AvgIpc) is 2.59. The lowest BCUT2D eigenvalue weighted by molar-refractivity contribution is -0.222. The molecule has 126 valence electrons. The molecule has 0 aromatic heterocycles. The predicted molar refractivity (Wildman–Crippen MR) is 95.2 cm³/mol. The fourth-order valence-corrected chi connectivity index (χ4v) is 3.99. The zero-order valence-corrected chi connectivity index (χ0v) is 15.0. The third kappa shape index (κ3) is 4.30. The molecule has 3 rings (SSSR count). The number of allylic oxidation sites excluding steroid dienone is 1. The van der Waals surface area contributed by atoms with Gasteiger partial charge in [-0.15, -0.1) is 0 Å². The summed E-state index contributed by atoms with van der Waals surface area (Å²) >= 11 is 12.2. The molecular weight excluding hydrogens is 331 g/mol. The topological polar surface area (TPSA) is 18.5 Å². The van der Waals surface area contributed by atoms with Crippen molar-refractivity contribution in [1.82, 2.24) is 0 Å². The van der Waals surface area contributed by atoms with Gasteiger partial charge in [-0.25, -0.2) is 0 Å². The van der Waals surface area contributed by atoms with Crippen LogP contribution in [-0.2, 0) is 9.47 Å². The van der Waals surface area contributed by atoms with E-state index >= 15 is 0 Å². The molecule has 0 atom stereocenters. The van der Waals surface area contributed by atoms with Crippen molar-refractivity contribution >= 4 is 23.2 Å². The Morgan fingerprint density at radius 3 is 2.30 bits per heavy atom. The lowest BCUT2D eigenvalue weighted by Crippen LogP contribution is -2.37. The normalized spacial score (nSPS) is 32.3. The fraction of sp³-hybridized carbons (Fsp3) is 0.579. The van der Waals surface area contributed by atoms with E-state index < -0.39 is 0 Å². The second-order valence-corrected chi connectivity index (χ2v) is 7.42. The van der Waals surface area contributed by atoms with Crippen molar-refractivity contribution < 1.29 is 9.47 Å². The molecule has 23 heavy (non-hydrogen) atoms. The summed E-state index contributed by atoms with van der Waals surface area (Å²) in [5.74, 6) is 1.49. The Morgan fingerprint density at radius 2 is 1.70 bits per heavy atom. The molecule has 1 saturated heterocycles. The molecule has 0 amide bonds. The van der Waals surface area contributed by atoms with E-state index in [0.29, 0.717) is 27.8 Å². The van der Waals surface area contributed by atoms with Gasteiger partial charge in [0.15, 0.2) is 6.29 Å². The number of rotatable bonds is 3. The van der Waals surface area contributed by atoms with Crippen LogP contribution in [0.2, 0.25) is 10.0 Å². The van der Waals surface area contributed by atoms with E-state index in [1.807, 2.05) is 19.1 Å². The van der Waals surface area contributed by atoms with E-state index in [4.69, 9.17) is 32.7 Å². The first-order valence-electron chi connectivity index (χ1n) is 8.48. The van der Waals surface area contributed by atoms with Crippen LogP contribution in [0.15, 0.2) is 30.4 Å². The minimum absolute atomic E-state index is 0.0220. The first kappa shape index (κ1) is 17.3.